The predicted octanol–water partition coefficient (Wildman–Crippen LogP) is 4.29. The summed E-state index contributed by atoms with van der Waals surface area (Å²) in [4.78, 5) is 24.2. The van der Waals surface area contributed by atoms with Crippen LogP contribution in [0.2, 0.25) is 0 Å². The SMILES string of the molecule is CC(COc1ccc2oc(C(=O)NC(COCc3ccccc3)C(=O)O)cc2c1)S(C)(C)C. The van der Waals surface area contributed by atoms with Crippen molar-refractivity contribution in [1.82, 2.24) is 5.32 Å². The molecule has 0 aliphatic rings. The van der Waals surface area contributed by atoms with Crippen molar-refractivity contribution < 1.29 is 28.6 Å². The van der Waals surface area contributed by atoms with E-state index in [1.54, 1.807) is 18.2 Å². The second kappa shape index (κ2) is 10.8. The normalized spacial score (nSPS) is 13.9. The quantitative estimate of drug-likeness (QED) is 0.431. The van der Waals surface area contributed by atoms with Crippen LogP contribution in [0.15, 0.2) is 59.0 Å². The number of carbonyl (C=O) groups is 2. The van der Waals surface area contributed by atoms with E-state index in [-0.39, 0.29) is 19.0 Å². The molecule has 0 aliphatic heterocycles. The number of fused-ring (bicyclic) bond motifs is 1. The molecule has 0 saturated heterocycles. The molecule has 0 aliphatic carbocycles. The fourth-order valence-electron chi connectivity index (χ4n) is 2.91. The molecule has 0 saturated carbocycles. The number of rotatable bonds is 11. The minimum atomic E-state index is -1.20. The first-order chi connectivity index (χ1) is 15.6. The van der Waals surface area contributed by atoms with E-state index >= 15 is 0 Å². The zero-order valence-corrected chi connectivity index (χ0v) is 20.2. The molecule has 1 aromatic heterocycles. The molecule has 3 rings (SSSR count). The van der Waals surface area contributed by atoms with Gasteiger partial charge in [-0.3, -0.25) is 4.79 Å². The van der Waals surface area contributed by atoms with Crippen molar-refractivity contribution in [3.05, 3.63) is 65.9 Å². The van der Waals surface area contributed by atoms with E-state index in [2.05, 4.69) is 31.0 Å². The van der Waals surface area contributed by atoms with Crippen LogP contribution in [0.5, 0.6) is 5.75 Å². The van der Waals surface area contributed by atoms with E-state index in [0.29, 0.717) is 28.6 Å². The maximum atomic E-state index is 12.6. The maximum Gasteiger partial charge on any atom is 0.328 e. The first-order valence-electron chi connectivity index (χ1n) is 10.6. The van der Waals surface area contributed by atoms with Gasteiger partial charge in [0.1, 0.15) is 11.3 Å². The number of hydrogen-bond acceptors (Lipinski definition) is 5. The van der Waals surface area contributed by atoms with Gasteiger partial charge in [-0.15, -0.1) is 0 Å². The number of carboxylic acids is 1. The molecule has 2 aromatic carbocycles. The number of carbonyl (C=O) groups excluding carboxylic acids is 1. The molecule has 1 heterocycles. The summed E-state index contributed by atoms with van der Waals surface area (Å²) in [7, 11) is -0.719. The molecule has 2 N–H and O–H groups in total. The summed E-state index contributed by atoms with van der Waals surface area (Å²) in [5.74, 6) is -1.07. The zero-order chi connectivity index (χ0) is 24.0. The van der Waals surface area contributed by atoms with Crippen LogP contribution >= 0.6 is 10.0 Å². The van der Waals surface area contributed by atoms with Crippen molar-refractivity contribution in [3.63, 3.8) is 0 Å². The average Bonchev–Trinajstić information content (AvgIpc) is 3.20. The number of ether oxygens (including phenoxy) is 2. The molecular weight excluding hydrogens is 442 g/mol. The second-order valence-corrected chi connectivity index (χ2v) is 13.4. The molecular formula is C25H31NO6S. The van der Waals surface area contributed by atoms with Gasteiger partial charge in [-0.1, -0.05) is 37.3 Å². The standard InChI is InChI=1S/C25H31NO6S/c1-17(33(2,3)4)14-31-20-10-11-22-19(12-20)13-23(32-22)24(27)26-21(25(28)29)16-30-15-18-8-6-5-7-9-18/h5-13,17,21H,14-16H2,1-4H3,(H,26,27)(H,28,29). The highest BCUT2D eigenvalue weighted by molar-refractivity contribution is 8.32. The summed E-state index contributed by atoms with van der Waals surface area (Å²) in [6.07, 6.45) is 6.76. The highest BCUT2D eigenvalue weighted by Gasteiger charge is 2.23. The Morgan fingerprint density at radius 1 is 1.06 bits per heavy atom. The van der Waals surface area contributed by atoms with E-state index in [0.717, 1.165) is 5.56 Å². The number of amides is 1. The van der Waals surface area contributed by atoms with Crippen LogP contribution in [0.25, 0.3) is 11.0 Å². The lowest BCUT2D eigenvalue weighted by molar-refractivity contribution is -0.141. The van der Waals surface area contributed by atoms with E-state index < -0.39 is 27.9 Å². The van der Waals surface area contributed by atoms with Crippen molar-refractivity contribution in [3.8, 4) is 5.75 Å². The Bertz CT molecular complexity index is 1090. The van der Waals surface area contributed by atoms with Gasteiger partial charge in [0, 0.05) is 10.6 Å². The van der Waals surface area contributed by atoms with E-state index in [1.807, 2.05) is 36.4 Å². The van der Waals surface area contributed by atoms with E-state index in [4.69, 9.17) is 13.9 Å². The molecule has 3 aromatic rings. The number of carboxylic acid groups (broad SMARTS) is 1. The Balaban J connectivity index is 1.61. The Morgan fingerprint density at radius 3 is 2.45 bits per heavy atom. The van der Waals surface area contributed by atoms with Crippen LogP contribution < -0.4 is 10.1 Å². The molecule has 2 unspecified atom stereocenters. The summed E-state index contributed by atoms with van der Waals surface area (Å²) in [6.45, 7) is 2.88. The topological polar surface area (TPSA) is 98.0 Å². The summed E-state index contributed by atoms with van der Waals surface area (Å²) in [5, 5.41) is 13.1. The van der Waals surface area contributed by atoms with Gasteiger partial charge in [0.15, 0.2) is 11.8 Å². The predicted molar refractivity (Wildman–Crippen MR) is 132 cm³/mol. The van der Waals surface area contributed by atoms with Crippen LogP contribution in [0, 0.1) is 0 Å². The summed E-state index contributed by atoms with van der Waals surface area (Å²) < 4.78 is 17.0. The third-order valence-electron chi connectivity index (χ3n) is 5.40. The van der Waals surface area contributed by atoms with Crippen LogP contribution in [0.4, 0.5) is 0 Å². The second-order valence-electron chi connectivity index (χ2n) is 8.73. The molecule has 0 radical (unpaired) electrons. The molecule has 7 nitrogen and oxygen atoms in total. The molecule has 0 spiro atoms. The average molecular weight is 474 g/mol. The van der Waals surface area contributed by atoms with Crippen molar-refractivity contribution in [2.24, 2.45) is 0 Å². The van der Waals surface area contributed by atoms with Crippen molar-refractivity contribution in [1.29, 1.82) is 0 Å². The molecule has 0 fully saturated rings. The lowest BCUT2D eigenvalue weighted by Crippen LogP contribution is -2.43. The van der Waals surface area contributed by atoms with Gasteiger partial charge in [0.25, 0.3) is 5.91 Å². The van der Waals surface area contributed by atoms with Crippen LogP contribution in [-0.2, 0) is 16.1 Å². The van der Waals surface area contributed by atoms with Gasteiger partial charge in [0.05, 0.1) is 19.8 Å². The summed E-state index contributed by atoms with van der Waals surface area (Å²) in [5.41, 5.74) is 1.44. The van der Waals surface area contributed by atoms with Gasteiger partial charge in [-0.2, -0.15) is 0 Å². The zero-order valence-electron chi connectivity index (χ0n) is 19.4. The van der Waals surface area contributed by atoms with Crippen LogP contribution in [-0.4, -0.2) is 60.3 Å². The Kier molecular flexibility index (Phi) is 8.05. The maximum absolute atomic E-state index is 12.6. The monoisotopic (exact) mass is 473 g/mol. The Labute approximate surface area is 195 Å². The largest absolute Gasteiger partial charge is 0.492 e. The van der Waals surface area contributed by atoms with Crippen molar-refractivity contribution >= 4 is 32.9 Å². The number of aliphatic carboxylic acids is 1. The fourth-order valence-corrected chi connectivity index (χ4v) is 3.39. The highest BCUT2D eigenvalue weighted by Crippen LogP contribution is 2.40. The minimum Gasteiger partial charge on any atom is -0.492 e. The fraction of sp³-hybridized carbons (Fsp3) is 0.360. The van der Waals surface area contributed by atoms with Crippen LogP contribution in [0.3, 0.4) is 0 Å². The van der Waals surface area contributed by atoms with Crippen LogP contribution in [0.1, 0.15) is 23.0 Å². The Hall–Kier alpha value is -2.97. The highest BCUT2D eigenvalue weighted by atomic mass is 32.3. The van der Waals surface area contributed by atoms with Crippen molar-refractivity contribution in [2.45, 2.75) is 24.8 Å². The number of furan rings is 1. The van der Waals surface area contributed by atoms with Gasteiger partial charge >= 0.3 is 5.97 Å². The first kappa shape index (κ1) is 24.7. The van der Waals surface area contributed by atoms with Gasteiger partial charge in [-0.05, 0) is 48.6 Å². The number of nitrogens with one attached hydrogen (secondary N) is 1. The van der Waals surface area contributed by atoms with Crippen molar-refractivity contribution in [2.75, 3.05) is 32.0 Å². The molecule has 8 heteroatoms. The third-order valence-corrected chi connectivity index (χ3v) is 7.95. The third kappa shape index (κ3) is 7.00. The Morgan fingerprint density at radius 2 is 1.79 bits per heavy atom. The first-order valence-corrected chi connectivity index (χ1v) is 13.5. The van der Waals surface area contributed by atoms with Gasteiger partial charge in [-0.25, -0.2) is 14.8 Å². The number of hydrogen-bond donors (Lipinski definition) is 2. The molecule has 0 bridgehead atoms. The van der Waals surface area contributed by atoms with Gasteiger partial charge < -0.3 is 24.3 Å². The van der Waals surface area contributed by atoms with E-state index in [1.165, 1.54) is 0 Å². The molecule has 33 heavy (non-hydrogen) atoms. The molecule has 178 valence electrons. The smallest absolute Gasteiger partial charge is 0.328 e. The summed E-state index contributed by atoms with van der Waals surface area (Å²) >= 11 is 0. The molecule has 2 atom stereocenters. The lowest BCUT2D eigenvalue weighted by Gasteiger charge is -2.33. The summed E-state index contributed by atoms with van der Waals surface area (Å²) in [6, 6.07) is 15.1. The van der Waals surface area contributed by atoms with E-state index in [9.17, 15) is 14.7 Å². The molecule has 1 amide bonds. The number of benzene rings is 2. The minimum absolute atomic E-state index is 0.0314. The van der Waals surface area contributed by atoms with Gasteiger partial charge in [0.2, 0.25) is 0 Å². The lowest BCUT2D eigenvalue weighted by atomic mass is 10.2.